The lowest BCUT2D eigenvalue weighted by molar-refractivity contribution is 0.255. The highest BCUT2D eigenvalue weighted by atomic mass is 35.5. The van der Waals surface area contributed by atoms with Crippen LogP contribution in [0.2, 0.25) is 5.02 Å². The van der Waals surface area contributed by atoms with Crippen LogP contribution in [0.25, 0.3) is 0 Å². The largest absolute Gasteiger partial charge is 0.493 e. The normalized spacial score (nSPS) is 17.6. The Labute approximate surface area is 155 Å². The number of ether oxygens (including phenoxy) is 2. The molecule has 1 heterocycles. The van der Waals surface area contributed by atoms with Crippen molar-refractivity contribution in [2.24, 2.45) is 0 Å². The number of hydrogen-bond donors (Lipinski definition) is 0. The zero-order valence-corrected chi connectivity index (χ0v) is 15.8. The van der Waals surface area contributed by atoms with Crippen LogP contribution >= 0.6 is 11.6 Å². The number of benzene rings is 2. The maximum absolute atomic E-state index is 6.13. The van der Waals surface area contributed by atoms with Crippen molar-refractivity contribution in [1.29, 1.82) is 0 Å². The van der Waals surface area contributed by atoms with Gasteiger partial charge in [-0.1, -0.05) is 29.8 Å². The summed E-state index contributed by atoms with van der Waals surface area (Å²) in [5.41, 5.74) is 2.61. The summed E-state index contributed by atoms with van der Waals surface area (Å²) in [5.74, 6) is 1.59. The molecule has 0 bridgehead atoms. The molecule has 2 aromatic carbocycles. The van der Waals surface area contributed by atoms with Gasteiger partial charge in [-0.2, -0.15) is 0 Å². The number of likely N-dealkylation sites (tertiary alicyclic amines) is 1. The van der Waals surface area contributed by atoms with Crippen LogP contribution in [0.5, 0.6) is 11.5 Å². The van der Waals surface area contributed by atoms with E-state index in [9.17, 15) is 0 Å². The lowest BCUT2D eigenvalue weighted by Gasteiger charge is -2.24. The van der Waals surface area contributed by atoms with Gasteiger partial charge in [-0.25, -0.2) is 0 Å². The predicted molar refractivity (Wildman–Crippen MR) is 103 cm³/mol. The van der Waals surface area contributed by atoms with E-state index in [0.717, 1.165) is 35.9 Å². The summed E-state index contributed by atoms with van der Waals surface area (Å²) >= 11 is 6.13. The van der Waals surface area contributed by atoms with Gasteiger partial charge in [-0.15, -0.1) is 0 Å². The van der Waals surface area contributed by atoms with E-state index < -0.39 is 0 Å². The van der Waals surface area contributed by atoms with E-state index in [2.05, 4.69) is 29.2 Å². The minimum absolute atomic E-state index is 0.610. The van der Waals surface area contributed by atoms with E-state index in [1.807, 2.05) is 18.2 Å². The van der Waals surface area contributed by atoms with Crippen LogP contribution < -0.4 is 9.47 Å². The van der Waals surface area contributed by atoms with Crippen molar-refractivity contribution in [2.45, 2.75) is 31.7 Å². The zero-order chi connectivity index (χ0) is 17.6. The monoisotopic (exact) mass is 359 g/mol. The average molecular weight is 360 g/mol. The molecule has 3 nitrogen and oxygen atoms in total. The lowest BCUT2D eigenvalue weighted by atomic mass is 10.0. The Morgan fingerprint density at radius 1 is 1.04 bits per heavy atom. The molecule has 134 valence electrons. The molecule has 25 heavy (non-hydrogen) atoms. The van der Waals surface area contributed by atoms with Crippen molar-refractivity contribution in [1.82, 2.24) is 4.90 Å². The summed E-state index contributed by atoms with van der Waals surface area (Å²) in [7, 11) is 3.35. The highest BCUT2D eigenvalue weighted by Crippen LogP contribution is 2.28. The Kier molecular flexibility index (Phi) is 6.22. The van der Waals surface area contributed by atoms with Gasteiger partial charge in [0.25, 0.3) is 0 Å². The Balaban J connectivity index is 1.60. The topological polar surface area (TPSA) is 21.7 Å². The van der Waals surface area contributed by atoms with Gasteiger partial charge >= 0.3 is 0 Å². The number of rotatable bonds is 7. The summed E-state index contributed by atoms with van der Waals surface area (Å²) in [5, 5.41) is 0.826. The number of methoxy groups -OCH3 is 2. The molecular formula is C21H26ClNO2. The van der Waals surface area contributed by atoms with Crippen LogP contribution in [0.15, 0.2) is 42.5 Å². The highest BCUT2D eigenvalue weighted by molar-refractivity contribution is 6.30. The van der Waals surface area contributed by atoms with Gasteiger partial charge in [0.05, 0.1) is 14.2 Å². The van der Waals surface area contributed by atoms with Gasteiger partial charge in [0.2, 0.25) is 0 Å². The molecule has 1 aliphatic heterocycles. The van der Waals surface area contributed by atoms with Crippen molar-refractivity contribution >= 4 is 11.6 Å². The van der Waals surface area contributed by atoms with E-state index in [1.165, 1.54) is 30.5 Å². The van der Waals surface area contributed by atoms with Gasteiger partial charge in [0.15, 0.2) is 11.5 Å². The smallest absolute Gasteiger partial charge is 0.160 e. The summed E-state index contributed by atoms with van der Waals surface area (Å²) in [6.45, 7) is 2.25. The first-order valence-electron chi connectivity index (χ1n) is 8.89. The van der Waals surface area contributed by atoms with Crippen LogP contribution in [-0.4, -0.2) is 38.3 Å². The maximum atomic E-state index is 6.13. The van der Waals surface area contributed by atoms with Crippen LogP contribution in [0.4, 0.5) is 0 Å². The second-order valence-corrected chi connectivity index (χ2v) is 7.04. The van der Waals surface area contributed by atoms with Crippen molar-refractivity contribution < 1.29 is 9.47 Å². The van der Waals surface area contributed by atoms with Gasteiger partial charge in [-0.3, -0.25) is 4.90 Å². The van der Waals surface area contributed by atoms with Crippen molar-refractivity contribution in [2.75, 3.05) is 27.3 Å². The molecule has 0 saturated carbocycles. The van der Waals surface area contributed by atoms with E-state index in [-0.39, 0.29) is 0 Å². The molecule has 0 radical (unpaired) electrons. The third kappa shape index (κ3) is 4.68. The van der Waals surface area contributed by atoms with Crippen LogP contribution in [-0.2, 0) is 12.8 Å². The Hall–Kier alpha value is -1.71. The molecule has 1 atom stereocenters. The fourth-order valence-corrected chi connectivity index (χ4v) is 3.88. The molecule has 1 fully saturated rings. The number of nitrogens with zero attached hydrogens (tertiary/aromatic N) is 1. The minimum atomic E-state index is 0.610. The standard InChI is InChI=1S/C21H26ClNO2/c1-24-20-9-8-16(15-21(20)25-2)10-12-23-11-4-7-19(23)14-17-5-3-6-18(22)13-17/h3,5-6,8-9,13,15,19H,4,7,10-12,14H2,1-2H3. The lowest BCUT2D eigenvalue weighted by Crippen LogP contribution is -2.32. The third-order valence-corrected chi connectivity index (χ3v) is 5.23. The fourth-order valence-electron chi connectivity index (χ4n) is 3.67. The van der Waals surface area contributed by atoms with Gasteiger partial charge in [0.1, 0.15) is 0 Å². The van der Waals surface area contributed by atoms with Crippen LogP contribution in [0.3, 0.4) is 0 Å². The molecule has 1 unspecified atom stereocenters. The average Bonchev–Trinajstić information content (AvgIpc) is 3.06. The molecule has 0 aromatic heterocycles. The van der Waals surface area contributed by atoms with Crippen LogP contribution in [0, 0.1) is 0 Å². The van der Waals surface area contributed by atoms with E-state index in [0.29, 0.717) is 6.04 Å². The zero-order valence-electron chi connectivity index (χ0n) is 15.0. The van der Waals surface area contributed by atoms with Crippen molar-refractivity contribution in [3.63, 3.8) is 0 Å². The molecule has 0 N–H and O–H groups in total. The summed E-state index contributed by atoms with van der Waals surface area (Å²) in [4.78, 5) is 2.61. The molecule has 0 amide bonds. The number of halogens is 1. The van der Waals surface area contributed by atoms with Crippen LogP contribution in [0.1, 0.15) is 24.0 Å². The molecule has 3 rings (SSSR count). The van der Waals surface area contributed by atoms with Gasteiger partial charge < -0.3 is 9.47 Å². The Bertz CT molecular complexity index is 704. The maximum Gasteiger partial charge on any atom is 0.160 e. The van der Waals surface area contributed by atoms with Gasteiger partial charge in [0, 0.05) is 17.6 Å². The summed E-state index contributed by atoms with van der Waals surface area (Å²) in [6.07, 6.45) is 4.63. The first-order valence-corrected chi connectivity index (χ1v) is 9.27. The first-order chi connectivity index (χ1) is 12.2. The van der Waals surface area contributed by atoms with Crippen molar-refractivity contribution in [3.05, 3.63) is 58.6 Å². The quantitative estimate of drug-likeness (QED) is 0.720. The summed E-state index contributed by atoms with van der Waals surface area (Å²) in [6, 6.07) is 15.1. The molecule has 1 aliphatic rings. The molecule has 0 aliphatic carbocycles. The molecular weight excluding hydrogens is 334 g/mol. The van der Waals surface area contributed by atoms with Crippen molar-refractivity contribution in [3.8, 4) is 11.5 Å². The minimum Gasteiger partial charge on any atom is -0.493 e. The van der Waals surface area contributed by atoms with E-state index >= 15 is 0 Å². The second-order valence-electron chi connectivity index (χ2n) is 6.61. The summed E-state index contributed by atoms with van der Waals surface area (Å²) < 4.78 is 10.7. The fraction of sp³-hybridized carbons (Fsp3) is 0.429. The molecule has 0 spiro atoms. The Morgan fingerprint density at radius 3 is 2.64 bits per heavy atom. The first kappa shape index (κ1) is 18.1. The Morgan fingerprint density at radius 2 is 1.88 bits per heavy atom. The highest BCUT2D eigenvalue weighted by Gasteiger charge is 2.24. The molecule has 2 aromatic rings. The van der Waals surface area contributed by atoms with Gasteiger partial charge in [-0.05, 0) is 67.6 Å². The SMILES string of the molecule is COc1ccc(CCN2CCCC2Cc2cccc(Cl)c2)cc1OC. The van der Waals surface area contributed by atoms with E-state index in [1.54, 1.807) is 14.2 Å². The second kappa shape index (κ2) is 8.59. The molecule has 1 saturated heterocycles. The van der Waals surface area contributed by atoms with E-state index in [4.69, 9.17) is 21.1 Å². The molecule has 4 heteroatoms. The number of hydrogen-bond acceptors (Lipinski definition) is 3. The third-order valence-electron chi connectivity index (χ3n) is 5.00. The predicted octanol–water partition coefficient (Wildman–Crippen LogP) is 4.61.